The SMILES string of the molecule is CCC(C(=O)N1CCN(c2cccc(C)c2)C(C)C1)n1c2ccccc2c2cnn(C)c(=O)c21. The van der Waals surface area contributed by atoms with E-state index in [1.54, 1.807) is 13.2 Å². The highest BCUT2D eigenvalue weighted by Gasteiger charge is 2.33. The largest absolute Gasteiger partial charge is 0.365 e. The van der Waals surface area contributed by atoms with Crippen molar-refractivity contribution in [2.75, 3.05) is 24.5 Å². The van der Waals surface area contributed by atoms with Gasteiger partial charge in [0.1, 0.15) is 11.6 Å². The molecule has 7 nitrogen and oxygen atoms in total. The first-order chi connectivity index (χ1) is 16.4. The molecule has 1 fully saturated rings. The number of carbonyl (C=O) groups excluding carboxylic acids is 1. The minimum absolute atomic E-state index is 0.0692. The van der Waals surface area contributed by atoms with Gasteiger partial charge in [-0.1, -0.05) is 37.3 Å². The lowest BCUT2D eigenvalue weighted by Crippen LogP contribution is -2.55. The standard InChI is InChI=1S/C27H31N5O2/c1-5-23(26(33)30-13-14-31(19(3)17-30)20-10-8-9-18(2)15-20)32-24-12-7-6-11-21(24)22-16-28-29(4)27(34)25(22)32/h6-12,15-16,19,23H,5,13-14,17H2,1-4H3. The molecule has 0 radical (unpaired) electrons. The number of aryl methyl sites for hydroxylation is 2. The molecule has 5 rings (SSSR count). The maximum Gasteiger partial charge on any atom is 0.291 e. The lowest BCUT2D eigenvalue weighted by atomic mass is 10.1. The van der Waals surface area contributed by atoms with Crippen molar-refractivity contribution >= 4 is 33.4 Å². The van der Waals surface area contributed by atoms with Crippen molar-refractivity contribution in [3.05, 3.63) is 70.6 Å². The number of aromatic nitrogens is 3. The number of para-hydroxylation sites is 1. The number of benzene rings is 2. The average molecular weight is 458 g/mol. The van der Waals surface area contributed by atoms with Gasteiger partial charge in [-0.15, -0.1) is 0 Å². The van der Waals surface area contributed by atoms with Crippen LogP contribution < -0.4 is 10.5 Å². The molecular weight excluding hydrogens is 426 g/mol. The molecule has 3 heterocycles. The second kappa shape index (κ2) is 8.63. The second-order valence-electron chi connectivity index (χ2n) is 9.31. The molecule has 0 saturated carbocycles. The first-order valence-corrected chi connectivity index (χ1v) is 12.0. The summed E-state index contributed by atoms with van der Waals surface area (Å²) in [5.74, 6) is 0.0692. The Morgan fingerprint density at radius 1 is 1.12 bits per heavy atom. The van der Waals surface area contributed by atoms with Crippen LogP contribution in [0, 0.1) is 6.92 Å². The van der Waals surface area contributed by atoms with Crippen LogP contribution in [0.1, 0.15) is 31.9 Å². The molecule has 2 unspecified atom stereocenters. The van der Waals surface area contributed by atoms with E-state index in [1.165, 1.54) is 15.9 Å². The van der Waals surface area contributed by atoms with Gasteiger partial charge in [-0.05, 0) is 44.0 Å². The lowest BCUT2D eigenvalue weighted by molar-refractivity contribution is -0.135. The molecule has 1 aliphatic rings. The third-order valence-corrected chi connectivity index (χ3v) is 7.06. The topological polar surface area (TPSA) is 63.4 Å². The van der Waals surface area contributed by atoms with Gasteiger partial charge in [0.15, 0.2) is 0 Å². The predicted octanol–water partition coefficient (Wildman–Crippen LogP) is 3.89. The highest BCUT2D eigenvalue weighted by atomic mass is 16.2. The zero-order chi connectivity index (χ0) is 24.0. The summed E-state index contributed by atoms with van der Waals surface area (Å²) in [6, 6.07) is 16.2. The number of piperazine rings is 1. The van der Waals surface area contributed by atoms with Crippen LogP contribution in [0.4, 0.5) is 5.69 Å². The highest BCUT2D eigenvalue weighted by molar-refractivity contribution is 6.08. The zero-order valence-electron chi connectivity index (χ0n) is 20.2. The van der Waals surface area contributed by atoms with E-state index in [1.807, 2.05) is 40.7 Å². The average Bonchev–Trinajstić information content (AvgIpc) is 3.17. The number of anilines is 1. The summed E-state index contributed by atoms with van der Waals surface area (Å²) >= 11 is 0. The molecule has 0 aliphatic carbocycles. The molecule has 2 aromatic carbocycles. The Kier molecular flexibility index (Phi) is 5.63. The van der Waals surface area contributed by atoms with Crippen molar-refractivity contribution in [1.82, 2.24) is 19.2 Å². The van der Waals surface area contributed by atoms with Gasteiger partial charge in [0, 0.05) is 49.2 Å². The molecule has 4 aromatic rings. The van der Waals surface area contributed by atoms with Crippen LogP contribution in [0.5, 0.6) is 0 Å². The van der Waals surface area contributed by atoms with Crippen molar-refractivity contribution in [3.63, 3.8) is 0 Å². The van der Waals surface area contributed by atoms with E-state index in [4.69, 9.17) is 0 Å². The summed E-state index contributed by atoms with van der Waals surface area (Å²) in [5.41, 5.74) is 3.69. The van der Waals surface area contributed by atoms with Crippen LogP contribution in [0.3, 0.4) is 0 Å². The number of hydrogen-bond acceptors (Lipinski definition) is 4. The number of hydrogen-bond donors (Lipinski definition) is 0. The van der Waals surface area contributed by atoms with Gasteiger partial charge in [0.05, 0.1) is 11.7 Å². The molecule has 34 heavy (non-hydrogen) atoms. The van der Waals surface area contributed by atoms with Crippen LogP contribution in [0.15, 0.2) is 59.5 Å². The van der Waals surface area contributed by atoms with E-state index in [9.17, 15) is 9.59 Å². The predicted molar refractivity (Wildman–Crippen MR) is 136 cm³/mol. The number of amides is 1. The summed E-state index contributed by atoms with van der Waals surface area (Å²) in [5, 5.41) is 5.98. The fourth-order valence-corrected chi connectivity index (χ4v) is 5.34. The van der Waals surface area contributed by atoms with E-state index in [0.29, 0.717) is 25.0 Å². The van der Waals surface area contributed by atoms with E-state index in [2.05, 4.69) is 48.1 Å². The molecule has 176 valence electrons. The normalized spacial score (nSPS) is 17.5. The Hall–Kier alpha value is -3.61. The third-order valence-electron chi connectivity index (χ3n) is 7.06. The first kappa shape index (κ1) is 22.2. The monoisotopic (exact) mass is 457 g/mol. The quantitative estimate of drug-likeness (QED) is 0.467. The Labute approximate surface area is 199 Å². The summed E-state index contributed by atoms with van der Waals surface area (Å²) in [6.45, 7) is 8.38. The number of carbonyl (C=O) groups is 1. The van der Waals surface area contributed by atoms with Gasteiger partial charge < -0.3 is 14.4 Å². The maximum atomic E-state index is 13.9. The second-order valence-corrected chi connectivity index (χ2v) is 9.31. The molecule has 2 aromatic heterocycles. The summed E-state index contributed by atoms with van der Waals surface area (Å²) in [7, 11) is 1.65. The van der Waals surface area contributed by atoms with Gasteiger partial charge in [0.2, 0.25) is 5.91 Å². The fourth-order valence-electron chi connectivity index (χ4n) is 5.34. The third kappa shape index (κ3) is 3.56. The Morgan fingerprint density at radius 2 is 1.91 bits per heavy atom. The molecular formula is C27H31N5O2. The number of rotatable bonds is 4. The first-order valence-electron chi connectivity index (χ1n) is 12.0. The van der Waals surface area contributed by atoms with Crippen molar-refractivity contribution in [1.29, 1.82) is 0 Å². The summed E-state index contributed by atoms with van der Waals surface area (Å²) in [4.78, 5) is 31.4. The minimum Gasteiger partial charge on any atom is -0.365 e. The van der Waals surface area contributed by atoms with E-state index in [0.717, 1.165) is 22.8 Å². The minimum atomic E-state index is -0.449. The van der Waals surface area contributed by atoms with Crippen LogP contribution in [-0.2, 0) is 11.8 Å². The van der Waals surface area contributed by atoms with Gasteiger partial charge in [-0.2, -0.15) is 5.10 Å². The van der Waals surface area contributed by atoms with Crippen LogP contribution in [-0.4, -0.2) is 50.8 Å². The molecule has 1 aliphatic heterocycles. The van der Waals surface area contributed by atoms with Crippen molar-refractivity contribution in [3.8, 4) is 0 Å². The zero-order valence-corrected chi connectivity index (χ0v) is 20.2. The molecule has 2 atom stereocenters. The van der Waals surface area contributed by atoms with Crippen molar-refractivity contribution in [2.45, 2.75) is 39.3 Å². The van der Waals surface area contributed by atoms with E-state index >= 15 is 0 Å². The van der Waals surface area contributed by atoms with Crippen molar-refractivity contribution < 1.29 is 4.79 Å². The Balaban J connectivity index is 1.51. The molecule has 1 saturated heterocycles. The van der Waals surface area contributed by atoms with Gasteiger partial charge in [0.25, 0.3) is 5.56 Å². The molecule has 0 spiro atoms. The van der Waals surface area contributed by atoms with Gasteiger partial charge >= 0.3 is 0 Å². The van der Waals surface area contributed by atoms with Crippen LogP contribution in [0.2, 0.25) is 0 Å². The molecule has 1 amide bonds. The highest BCUT2D eigenvalue weighted by Crippen LogP contribution is 2.32. The Bertz CT molecular complexity index is 1440. The summed E-state index contributed by atoms with van der Waals surface area (Å²) < 4.78 is 3.30. The molecule has 0 N–H and O–H groups in total. The Morgan fingerprint density at radius 3 is 2.65 bits per heavy atom. The molecule has 7 heteroatoms. The maximum absolute atomic E-state index is 13.9. The fraction of sp³-hybridized carbons (Fsp3) is 0.370. The summed E-state index contributed by atoms with van der Waals surface area (Å²) in [6.07, 6.45) is 2.33. The lowest BCUT2D eigenvalue weighted by Gasteiger charge is -2.42. The van der Waals surface area contributed by atoms with Crippen LogP contribution >= 0.6 is 0 Å². The number of nitrogens with zero attached hydrogens (tertiary/aromatic N) is 5. The smallest absolute Gasteiger partial charge is 0.291 e. The van der Waals surface area contributed by atoms with Gasteiger partial charge in [-0.3, -0.25) is 9.59 Å². The molecule has 0 bridgehead atoms. The van der Waals surface area contributed by atoms with Gasteiger partial charge in [-0.25, -0.2) is 4.68 Å². The van der Waals surface area contributed by atoms with E-state index in [-0.39, 0.29) is 17.5 Å². The number of fused-ring (bicyclic) bond motifs is 3. The van der Waals surface area contributed by atoms with Crippen molar-refractivity contribution in [2.24, 2.45) is 7.05 Å². The van der Waals surface area contributed by atoms with Crippen LogP contribution in [0.25, 0.3) is 21.8 Å². The van der Waals surface area contributed by atoms with E-state index < -0.39 is 6.04 Å².